The maximum Gasteiger partial charge on any atom is 0.247 e. The summed E-state index contributed by atoms with van der Waals surface area (Å²) in [7, 11) is 1.18. The number of nitrogens with two attached hydrogens (primary N) is 2. The predicted octanol–water partition coefficient (Wildman–Crippen LogP) is 1.17. The highest BCUT2D eigenvalue weighted by Gasteiger charge is 2.41. The van der Waals surface area contributed by atoms with Gasteiger partial charge in [-0.05, 0) is 121 Å². The fourth-order valence-corrected chi connectivity index (χ4v) is 11.8. The van der Waals surface area contributed by atoms with Gasteiger partial charge in [0.1, 0.15) is 66.2 Å². The largest absolute Gasteiger partial charge is 0.508 e. The van der Waals surface area contributed by atoms with Crippen LogP contribution < -0.4 is 59.3 Å². The van der Waals surface area contributed by atoms with Crippen molar-refractivity contribution in [2.45, 2.75) is 179 Å². The van der Waals surface area contributed by atoms with Gasteiger partial charge in [-0.1, -0.05) is 112 Å². The molecule has 1 aromatic heterocycles. The van der Waals surface area contributed by atoms with Gasteiger partial charge >= 0.3 is 0 Å². The third-order valence-corrected chi connectivity index (χ3v) is 17.4. The van der Waals surface area contributed by atoms with Crippen LogP contribution in [0.3, 0.4) is 0 Å². The molecule has 1 aliphatic rings. The fraction of sp³-hybridized carbons (Fsp3) is 0.458. The Hall–Kier alpha value is -10.1. The van der Waals surface area contributed by atoms with E-state index in [-0.39, 0.29) is 69.2 Å². The zero-order valence-electron chi connectivity index (χ0n) is 58.0. The molecule has 0 unspecified atom stereocenters. The highest BCUT2D eigenvalue weighted by atomic mass is 35.5. The molecule has 5 aromatic rings. The number of nitrogens with zero attached hydrogens (tertiary/aromatic N) is 3. The molecule has 544 valence electrons. The van der Waals surface area contributed by atoms with Crippen molar-refractivity contribution in [2.24, 2.45) is 17.4 Å². The fourth-order valence-electron chi connectivity index (χ4n) is 11.7. The minimum absolute atomic E-state index is 0.0240. The third kappa shape index (κ3) is 25.3. The normalized spacial score (nSPS) is 15.4. The van der Waals surface area contributed by atoms with E-state index in [4.69, 9.17) is 23.1 Å². The monoisotopic (exact) mass is 1410 g/mol. The second-order valence-corrected chi connectivity index (χ2v) is 26.6. The molecule has 12 amide bonds. The van der Waals surface area contributed by atoms with Crippen molar-refractivity contribution >= 4 is 93.3 Å². The molecule has 0 spiro atoms. The molecule has 101 heavy (non-hydrogen) atoms. The number of likely N-dealkylation sites (tertiary alicyclic amines) is 1. The van der Waals surface area contributed by atoms with Gasteiger partial charge in [-0.25, -0.2) is 0 Å². The van der Waals surface area contributed by atoms with E-state index in [0.717, 1.165) is 15.7 Å². The molecular formula is C72H95ClN14O14. The van der Waals surface area contributed by atoms with Crippen LogP contribution in [0, 0.1) is 5.92 Å². The second kappa shape index (κ2) is 39.1. The Morgan fingerprint density at radius 2 is 1.15 bits per heavy atom. The summed E-state index contributed by atoms with van der Waals surface area (Å²) >= 11 is 6.23. The number of halogens is 1. The number of hydrogen-bond acceptors (Lipinski definition) is 16. The van der Waals surface area contributed by atoms with E-state index in [1.54, 1.807) is 50.2 Å². The van der Waals surface area contributed by atoms with Gasteiger partial charge in [0.2, 0.25) is 70.9 Å². The van der Waals surface area contributed by atoms with Gasteiger partial charge in [-0.3, -0.25) is 62.5 Å². The van der Waals surface area contributed by atoms with Crippen LogP contribution in [-0.2, 0) is 83.2 Å². The lowest BCUT2D eigenvalue weighted by Gasteiger charge is -2.32. The molecule has 6 rings (SSSR count). The average molecular weight is 1420 g/mol. The van der Waals surface area contributed by atoms with Gasteiger partial charge < -0.3 is 79.3 Å². The maximum atomic E-state index is 14.9. The molecule has 2 heterocycles. The SMILES string of the molecule is CC(=O)N[C@@H](Cc1ccc2ccccc2c1)C(=O)N[C@@H](Cc1ccc(Cl)cc1)C(=O)N[C@H](Cc1cccnc1)C(=O)N[C@@H](CO)C(=O)N(C)[C@H](Cc1ccc(O)cc1)C(=O)N[C@@H](CC(N)=O)C(=O)N[C@H](CC(C)C)C(=O)N[C@@H](CCCCNC(C)C)C(=O)N1CCC[C@H]1C(=O)N[C@@H](C)C(N)=O. The van der Waals surface area contributed by atoms with Gasteiger partial charge in [0.05, 0.1) is 13.0 Å². The molecule has 4 aromatic carbocycles. The lowest BCUT2D eigenvalue weighted by Crippen LogP contribution is -2.62. The molecule has 0 bridgehead atoms. The number of carbonyl (C=O) groups is 12. The van der Waals surface area contributed by atoms with E-state index in [1.807, 2.05) is 56.3 Å². The van der Waals surface area contributed by atoms with Crippen molar-refractivity contribution in [1.82, 2.24) is 62.6 Å². The minimum atomic E-state index is -1.85. The maximum absolute atomic E-state index is 14.9. The average Bonchev–Trinajstić information content (AvgIpc) is 1.71. The van der Waals surface area contributed by atoms with E-state index in [9.17, 15) is 67.7 Å². The highest BCUT2D eigenvalue weighted by Crippen LogP contribution is 2.23. The van der Waals surface area contributed by atoms with Crippen molar-refractivity contribution in [3.8, 4) is 5.75 Å². The molecule has 0 saturated carbocycles. The molecular weight excluding hydrogens is 1320 g/mol. The summed E-state index contributed by atoms with van der Waals surface area (Å²) in [6, 6.07) is 14.5. The number of aliphatic hydroxyl groups excluding tert-OH is 1. The van der Waals surface area contributed by atoms with Crippen molar-refractivity contribution in [3.05, 3.63) is 143 Å². The Morgan fingerprint density at radius 1 is 0.604 bits per heavy atom. The number of likely N-dealkylation sites (N-methyl/N-ethyl adjacent to an activating group) is 1. The summed E-state index contributed by atoms with van der Waals surface area (Å²) in [6.07, 6.45) is 3.23. The number of benzene rings is 4. The summed E-state index contributed by atoms with van der Waals surface area (Å²) in [5.41, 5.74) is 13.1. The number of hydrogen-bond donors (Lipinski definition) is 13. The van der Waals surface area contributed by atoms with Gasteiger partial charge in [-0.15, -0.1) is 0 Å². The number of aromatic nitrogens is 1. The van der Waals surface area contributed by atoms with Crippen LogP contribution in [0.1, 0.15) is 109 Å². The van der Waals surface area contributed by atoms with Crippen LogP contribution in [0.15, 0.2) is 116 Å². The molecule has 29 heteroatoms. The lowest BCUT2D eigenvalue weighted by atomic mass is 9.99. The predicted molar refractivity (Wildman–Crippen MR) is 377 cm³/mol. The first kappa shape index (κ1) is 79.9. The standard InChI is InChI=1S/C72H95ClN14O14/c1-41(2)32-54(64(93)80-53(17-10-11-30-77-42(3)4)72(101)87-31-13-18-60(87)69(98)78-43(5)63(75)92)81-68(97)58(38-62(74)91)84-70(99)61(37-46-22-27-52(90)28-23-46)86(7)71(100)59(40-88)85-67(96)57(36-48-14-12-29-76-39-48)83-66(95)56(34-45-20-25-51(73)26-21-45)82-65(94)55(79-44(6)89)35-47-19-24-49-15-8-9-16-50(49)33-47/h8-9,12,14-16,19-29,33,39,41-43,53-61,77,88,90H,10-11,13,17-18,30-32,34-38,40H2,1-7H3,(H2,74,91)(H2,75,92)(H,78,98)(H,79,89)(H,80,93)(H,81,97)(H,82,94)(H,83,95)(H,84,99)(H,85,96)/t43-,53-,54+,55-,56-,57+,58-,59-,60-,61+/m0/s1. The Morgan fingerprint density at radius 3 is 1.74 bits per heavy atom. The van der Waals surface area contributed by atoms with E-state index >= 15 is 0 Å². The number of fused-ring (bicyclic) bond motifs is 1. The first-order valence-corrected chi connectivity index (χ1v) is 34.2. The molecule has 1 aliphatic heterocycles. The molecule has 10 atom stereocenters. The Balaban J connectivity index is 1.25. The Kier molecular flexibility index (Phi) is 30.9. The first-order chi connectivity index (χ1) is 48.0. The van der Waals surface area contributed by atoms with Crippen molar-refractivity contribution in [2.75, 3.05) is 26.7 Å². The summed E-state index contributed by atoms with van der Waals surface area (Å²) in [4.78, 5) is 175. The van der Waals surface area contributed by atoms with Crippen molar-refractivity contribution in [1.29, 1.82) is 0 Å². The summed E-state index contributed by atoms with van der Waals surface area (Å²) < 4.78 is 0. The zero-order valence-corrected chi connectivity index (χ0v) is 58.7. The number of primary amides is 2. The molecule has 1 fully saturated rings. The molecule has 28 nitrogen and oxygen atoms in total. The Labute approximate surface area is 592 Å². The van der Waals surface area contributed by atoms with Crippen LogP contribution in [0.5, 0.6) is 5.75 Å². The number of nitrogens with one attached hydrogen (secondary N) is 9. The van der Waals surface area contributed by atoms with Crippen molar-refractivity contribution in [3.63, 3.8) is 0 Å². The number of carbonyl (C=O) groups excluding carboxylic acids is 12. The zero-order chi connectivity index (χ0) is 74.0. The summed E-state index contributed by atoms with van der Waals surface area (Å²) in [5.74, 6) is -10.6. The molecule has 0 aliphatic carbocycles. The second-order valence-electron chi connectivity index (χ2n) is 26.1. The number of unbranched alkanes of at least 4 members (excludes halogenated alkanes) is 1. The molecule has 1 saturated heterocycles. The first-order valence-electron chi connectivity index (χ1n) is 33.8. The summed E-state index contributed by atoms with van der Waals surface area (Å²) in [6.45, 7) is 9.83. The van der Waals surface area contributed by atoms with Crippen LogP contribution in [0.2, 0.25) is 5.02 Å². The number of rotatable bonds is 38. The number of aromatic hydroxyl groups is 1. The Bertz CT molecular complexity index is 3700. The van der Waals surface area contributed by atoms with E-state index in [1.165, 1.54) is 62.5 Å². The lowest BCUT2D eigenvalue weighted by molar-refractivity contribution is -0.144. The molecule has 0 radical (unpaired) electrons. The number of pyridine rings is 1. The van der Waals surface area contributed by atoms with Crippen LogP contribution in [0.25, 0.3) is 10.8 Å². The number of amides is 12. The van der Waals surface area contributed by atoms with Crippen LogP contribution in [-0.4, -0.2) is 189 Å². The van der Waals surface area contributed by atoms with E-state index < -0.39 is 144 Å². The highest BCUT2D eigenvalue weighted by molar-refractivity contribution is 6.30. The van der Waals surface area contributed by atoms with Crippen LogP contribution >= 0.6 is 11.6 Å². The van der Waals surface area contributed by atoms with Gasteiger partial charge in [0.15, 0.2) is 0 Å². The molecule has 15 N–H and O–H groups in total. The van der Waals surface area contributed by atoms with Crippen molar-refractivity contribution < 1.29 is 67.7 Å². The minimum Gasteiger partial charge on any atom is -0.508 e. The third-order valence-electron chi connectivity index (χ3n) is 17.1. The van der Waals surface area contributed by atoms with Gasteiger partial charge in [0, 0.05) is 69.7 Å². The number of aliphatic hydroxyl groups is 1. The quantitative estimate of drug-likeness (QED) is 0.0247. The smallest absolute Gasteiger partial charge is 0.247 e. The van der Waals surface area contributed by atoms with Gasteiger partial charge in [0.25, 0.3) is 0 Å². The summed E-state index contributed by atoms with van der Waals surface area (Å²) in [5, 5.41) is 47.9. The van der Waals surface area contributed by atoms with E-state index in [0.29, 0.717) is 53.1 Å². The topological polar surface area (TPSA) is 425 Å². The van der Waals surface area contributed by atoms with Gasteiger partial charge in [-0.2, -0.15) is 0 Å². The van der Waals surface area contributed by atoms with Crippen LogP contribution in [0.4, 0.5) is 0 Å². The van der Waals surface area contributed by atoms with E-state index in [2.05, 4.69) is 52.8 Å². The number of phenols is 1. The number of phenolic OH excluding ortho intramolecular Hbond substituents is 1.